The Morgan fingerprint density at radius 2 is 1.41 bits per heavy atom. The Morgan fingerprint density at radius 3 is 2.04 bits per heavy atom. The van der Waals surface area contributed by atoms with Gasteiger partial charge in [-0.2, -0.15) is 0 Å². The fourth-order valence-electron chi connectivity index (χ4n) is 3.43. The molecule has 0 radical (unpaired) electrons. The zero-order valence-corrected chi connectivity index (χ0v) is 18.0. The normalized spacial score (nSPS) is 18.5. The van der Waals surface area contributed by atoms with Crippen LogP contribution in [0.5, 0.6) is 5.75 Å². The van der Waals surface area contributed by atoms with E-state index in [1.807, 2.05) is 69.3 Å². The first-order valence-electron chi connectivity index (χ1n) is 9.47. The van der Waals surface area contributed by atoms with Gasteiger partial charge in [0, 0.05) is 37.6 Å². The Labute approximate surface area is 162 Å². The first-order valence-corrected chi connectivity index (χ1v) is 13.2. The number of hydrogen-bond acceptors (Lipinski definition) is 5. The standard InChI is InChI=1S/C20H27O5PSi/c1-4-22-27(23-5-2,24-6-3)16-15-26(21)20-14-10-8-12-18(20)17-11-7-9-13-19(17)25-26/h7-14H,4-6,15-16H2,1-3H3. The molecular formula is C20H27O5PSi. The summed E-state index contributed by atoms with van der Waals surface area (Å²) in [7, 11) is -6.00. The highest BCUT2D eigenvalue weighted by Crippen LogP contribution is 2.55. The molecule has 0 bridgehead atoms. The van der Waals surface area contributed by atoms with Gasteiger partial charge in [-0.25, -0.2) is 0 Å². The van der Waals surface area contributed by atoms with Crippen molar-refractivity contribution in [2.75, 3.05) is 26.0 Å². The van der Waals surface area contributed by atoms with Crippen LogP contribution in [0.25, 0.3) is 11.1 Å². The molecule has 1 unspecified atom stereocenters. The molecule has 0 spiro atoms. The van der Waals surface area contributed by atoms with E-state index in [0.29, 0.717) is 37.8 Å². The van der Waals surface area contributed by atoms with Crippen molar-refractivity contribution in [1.82, 2.24) is 0 Å². The van der Waals surface area contributed by atoms with E-state index in [1.165, 1.54) is 0 Å². The molecule has 146 valence electrons. The van der Waals surface area contributed by atoms with E-state index in [2.05, 4.69) is 0 Å². The van der Waals surface area contributed by atoms with Gasteiger partial charge in [0.25, 0.3) is 7.37 Å². The predicted octanol–water partition coefficient (Wildman–Crippen LogP) is 4.70. The average Bonchev–Trinajstić information content (AvgIpc) is 2.68. The minimum atomic E-state index is -3.11. The van der Waals surface area contributed by atoms with Crippen molar-refractivity contribution in [3.05, 3.63) is 48.5 Å². The highest BCUT2D eigenvalue weighted by molar-refractivity contribution is 7.67. The van der Waals surface area contributed by atoms with Crippen LogP contribution in [-0.4, -0.2) is 34.8 Å². The minimum absolute atomic E-state index is 0.324. The highest BCUT2D eigenvalue weighted by atomic mass is 31.2. The average molecular weight is 406 g/mol. The van der Waals surface area contributed by atoms with Gasteiger partial charge in [0.05, 0.1) is 5.30 Å². The molecule has 27 heavy (non-hydrogen) atoms. The van der Waals surface area contributed by atoms with Gasteiger partial charge in [0.1, 0.15) is 5.75 Å². The van der Waals surface area contributed by atoms with Crippen molar-refractivity contribution in [2.45, 2.75) is 26.8 Å². The minimum Gasteiger partial charge on any atom is -0.439 e. The molecular weight excluding hydrogens is 379 g/mol. The van der Waals surface area contributed by atoms with Gasteiger partial charge >= 0.3 is 8.80 Å². The molecule has 0 amide bonds. The highest BCUT2D eigenvalue weighted by Gasteiger charge is 2.45. The lowest BCUT2D eigenvalue weighted by Crippen LogP contribution is -2.47. The third-order valence-electron chi connectivity index (χ3n) is 4.50. The molecule has 7 heteroatoms. The van der Waals surface area contributed by atoms with Crippen molar-refractivity contribution >= 4 is 21.5 Å². The molecule has 0 saturated heterocycles. The quantitative estimate of drug-likeness (QED) is 0.446. The van der Waals surface area contributed by atoms with Crippen molar-refractivity contribution < 1.29 is 22.4 Å². The van der Waals surface area contributed by atoms with Crippen LogP contribution < -0.4 is 9.83 Å². The number of hydrogen-bond donors (Lipinski definition) is 0. The maximum atomic E-state index is 13.9. The van der Waals surface area contributed by atoms with E-state index < -0.39 is 16.2 Å². The molecule has 3 rings (SSSR count). The first kappa shape index (κ1) is 20.3. The molecule has 1 heterocycles. The molecule has 0 saturated carbocycles. The molecule has 0 aromatic heterocycles. The second kappa shape index (κ2) is 8.72. The van der Waals surface area contributed by atoms with Crippen molar-refractivity contribution in [3.63, 3.8) is 0 Å². The van der Waals surface area contributed by atoms with Gasteiger partial charge in [0.15, 0.2) is 0 Å². The number of benzene rings is 2. The lowest BCUT2D eigenvalue weighted by molar-refractivity contribution is 0.0726. The van der Waals surface area contributed by atoms with E-state index in [-0.39, 0.29) is 0 Å². The van der Waals surface area contributed by atoms with Gasteiger partial charge in [-0.3, -0.25) is 4.57 Å². The summed E-state index contributed by atoms with van der Waals surface area (Å²) in [4.78, 5) is 0. The summed E-state index contributed by atoms with van der Waals surface area (Å²) < 4.78 is 37.8. The largest absolute Gasteiger partial charge is 0.501 e. The van der Waals surface area contributed by atoms with Gasteiger partial charge in [-0.1, -0.05) is 36.4 Å². The van der Waals surface area contributed by atoms with E-state index in [1.54, 1.807) is 0 Å². The Morgan fingerprint density at radius 1 is 0.852 bits per heavy atom. The van der Waals surface area contributed by atoms with Crippen LogP contribution in [0.3, 0.4) is 0 Å². The van der Waals surface area contributed by atoms with Crippen LogP contribution in [0.1, 0.15) is 20.8 Å². The maximum Gasteiger partial charge on any atom is 0.501 e. The summed E-state index contributed by atoms with van der Waals surface area (Å²) in [6, 6.07) is 16.0. The summed E-state index contributed by atoms with van der Waals surface area (Å²) in [5, 5.41) is 0.760. The van der Waals surface area contributed by atoms with Crippen LogP contribution in [0, 0.1) is 0 Å². The summed E-state index contributed by atoms with van der Waals surface area (Å²) in [5.41, 5.74) is 1.95. The summed E-state index contributed by atoms with van der Waals surface area (Å²) in [6.45, 7) is 7.25. The molecule has 2 aromatic rings. The molecule has 5 nitrogen and oxygen atoms in total. The van der Waals surface area contributed by atoms with Gasteiger partial charge in [-0.15, -0.1) is 0 Å². The van der Waals surface area contributed by atoms with Crippen LogP contribution in [-0.2, 0) is 17.8 Å². The van der Waals surface area contributed by atoms with Gasteiger partial charge in [0.2, 0.25) is 0 Å². The van der Waals surface area contributed by atoms with E-state index in [0.717, 1.165) is 16.4 Å². The number of para-hydroxylation sites is 1. The molecule has 2 aromatic carbocycles. The Bertz CT molecular complexity index is 809. The van der Waals surface area contributed by atoms with Crippen LogP contribution in [0.2, 0.25) is 6.04 Å². The third kappa shape index (κ3) is 4.20. The smallest absolute Gasteiger partial charge is 0.439 e. The fourth-order valence-corrected chi connectivity index (χ4v) is 9.48. The van der Waals surface area contributed by atoms with E-state index in [9.17, 15) is 4.57 Å². The van der Waals surface area contributed by atoms with Crippen LogP contribution >= 0.6 is 7.37 Å². The summed E-state index contributed by atoms with van der Waals surface area (Å²) in [6.07, 6.45) is 0.324. The van der Waals surface area contributed by atoms with Crippen molar-refractivity contribution in [2.24, 2.45) is 0 Å². The second-order valence-electron chi connectivity index (χ2n) is 6.23. The predicted molar refractivity (Wildman–Crippen MR) is 110 cm³/mol. The monoisotopic (exact) mass is 406 g/mol. The van der Waals surface area contributed by atoms with Crippen molar-refractivity contribution in [1.29, 1.82) is 0 Å². The summed E-state index contributed by atoms with van der Waals surface area (Å²) >= 11 is 0. The van der Waals surface area contributed by atoms with Crippen LogP contribution in [0.4, 0.5) is 0 Å². The maximum absolute atomic E-state index is 13.9. The Kier molecular flexibility index (Phi) is 6.55. The van der Waals surface area contributed by atoms with Crippen molar-refractivity contribution in [3.8, 4) is 16.9 Å². The molecule has 1 aliphatic heterocycles. The number of fused-ring (bicyclic) bond motifs is 3. The van der Waals surface area contributed by atoms with Gasteiger partial charge < -0.3 is 17.8 Å². The second-order valence-corrected chi connectivity index (χ2v) is 11.4. The Balaban J connectivity index is 1.93. The van der Waals surface area contributed by atoms with Crippen LogP contribution in [0.15, 0.2) is 48.5 Å². The zero-order valence-electron chi connectivity index (χ0n) is 16.1. The molecule has 1 atom stereocenters. The zero-order chi connectivity index (χ0) is 19.3. The molecule has 1 aliphatic rings. The van der Waals surface area contributed by atoms with Gasteiger partial charge in [-0.05, 0) is 38.5 Å². The lowest BCUT2D eigenvalue weighted by Gasteiger charge is -2.32. The fraction of sp³-hybridized carbons (Fsp3) is 0.400. The SMILES string of the molecule is CCO[Si](CCP1(=O)Oc2ccccc2-c2ccccc21)(OCC)OCC. The molecule has 0 fully saturated rings. The Hall–Kier alpha value is -1.43. The topological polar surface area (TPSA) is 54.0 Å². The lowest BCUT2D eigenvalue weighted by atomic mass is 10.0. The third-order valence-corrected chi connectivity index (χ3v) is 10.4. The first-order chi connectivity index (χ1) is 13.1. The van der Waals surface area contributed by atoms with E-state index >= 15 is 0 Å². The molecule has 0 N–H and O–H groups in total. The molecule has 0 aliphatic carbocycles. The number of rotatable bonds is 9. The summed E-state index contributed by atoms with van der Waals surface area (Å²) in [5.74, 6) is 0.663. The van der Waals surface area contributed by atoms with E-state index in [4.69, 9.17) is 17.8 Å².